The van der Waals surface area contributed by atoms with Crippen molar-refractivity contribution in [2.45, 2.75) is 25.3 Å². The first-order valence-corrected chi connectivity index (χ1v) is 6.80. The van der Waals surface area contributed by atoms with Crippen molar-refractivity contribution in [2.75, 3.05) is 26.8 Å². The van der Waals surface area contributed by atoms with Crippen LogP contribution in [-0.2, 0) is 9.53 Å². The van der Waals surface area contributed by atoms with Gasteiger partial charge in [0.05, 0.1) is 13.0 Å². The number of rotatable bonds is 5. The molecule has 0 spiro atoms. The number of carboxylic acids is 1. The highest BCUT2D eigenvalue weighted by Gasteiger charge is 2.25. The van der Waals surface area contributed by atoms with Gasteiger partial charge in [-0.3, -0.25) is 4.79 Å². The third-order valence-electron chi connectivity index (χ3n) is 3.73. The van der Waals surface area contributed by atoms with E-state index in [-0.39, 0.29) is 11.9 Å². The molecule has 110 valence electrons. The number of nitrogens with zero attached hydrogens (tertiary/aromatic N) is 2. The van der Waals surface area contributed by atoms with Crippen molar-refractivity contribution in [1.82, 2.24) is 9.47 Å². The summed E-state index contributed by atoms with van der Waals surface area (Å²) in [5, 5.41) is 9.12. The van der Waals surface area contributed by atoms with Crippen molar-refractivity contribution in [3.63, 3.8) is 0 Å². The molecule has 1 aromatic heterocycles. The lowest BCUT2D eigenvalue weighted by Crippen LogP contribution is -2.39. The SMILES string of the molecule is COCCC(=O)N1CCC(n2cccc2C(=O)O)CC1. The second kappa shape index (κ2) is 6.56. The van der Waals surface area contributed by atoms with Crippen LogP contribution in [0.5, 0.6) is 0 Å². The van der Waals surface area contributed by atoms with Crippen LogP contribution in [0.3, 0.4) is 0 Å². The Labute approximate surface area is 117 Å². The number of methoxy groups -OCH3 is 1. The van der Waals surface area contributed by atoms with Crippen LogP contribution in [0.15, 0.2) is 18.3 Å². The van der Waals surface area contributed by atoms with Gasteiger partial charge in [0.1, 0.15) is 5.69 Å². The molecule has 1 aromatic rings. The maximum absolute atomic E-state index is 11.9. The maximum atomic E-state index is 11.9. The van der Waals surface area contributed by atoms with Gasteiger partial charge in [-0.1, -0.05) is 0 Å². The fraction of sp³-hybridized carbons (Fsp3) is 0.571. The van der Waals surface area contributed by atoms with Crippen molar-refractivity contribution >= 4 is 11.9 Å². The molecule has 0 aliphatic carbocycles. The van der Waals surface area contributed by atoms with Crippen LogP contribution < -0.4 is 0 Å². The summed E-state index contributed by atoms with van der Waals surface area (Å²) in [6, 6.07) is 3.51. The number of aromatic nitrogens is 1. The van der Waals surface area contributed by atoms with Crippen molar-refractivity contribution in [1.29, 1.82) is 0 Å². The van der Waals surface area contributed by atoms with E-state index in [9.17, 15) is 9.59 Å². The number of carbonyl (C=O) groups excluding carboxylic acids is 1. The molecule has 1 aliphatic rings. The molecule has 2 rings (SSSR count). The first-order chi connectivity index (χ1) is 9.63. The molecule has 0 saturated carbocycles. The number of carbonyl (C=O) groups is 2. The number of carboxylic acid groups (broad SMARTS) is 1. The second-order valence-corrected chi connectivity index (χ2v) is 4.96. The van der Waals surface area contributed by atoms with E-state index < -0.39 is 5.97 Å². The number of likely N-dealkylation sites (tertiary alicyclic amines) is 1. The van der Waals surface area contributed by atoms with Crippen LogP contribution in [0.4, 0.5) is 0 Å². The Morgan fingerprint density at radius 2 is 2.10 bits per heavy atom. The number of piperidine rings is 1. The van der Waals surface area contributed by atoms with Crippen molar-refractivity contribution < 1.29 is 19.4 Å². The predicted molar refractivity (Wildman–Crippen MR) is 72.7 cm³/mol. The van der Waals surface area contributed by atoms with Gasteiger partial charge >= 0.3 is 5.97 Å². The zero-order chi connectivity index (χ0) is 14.5. The van der Waals surface area contributed by atoms with Crippen molar-refractivity contribution in [3.8, 4) is 0 Å². The number of ether oxygens (including phenoxy) is 1. The van der Waals surface area contributed by atoms with E-state index >= 15 is 0 Å². The Morgan fingerprint density at radius 1 is 1.40 bits per heavy atom. The molecule has 1 amide bonds. The van der Waals surface area contributed by atoms with Gasteiger partial charge in [0.25, 0.3) is 0 Å². The second-order valence-electron chi connectivity index (χ2n) is 4.96. The highest BCUT2D eigenvalue weighted by atomic mass is 16.5. The monoisotopic (exact) mass is 280 g/mol. The minimum atomic E-state index is -0.909. The zero-order valence-corrected chi connectivity index (χ0v) is 11.6. The zero-order valence-electron chi connectivity index (χ0n) is 11.6. The normalized spacial score (nSPS) is 16.4. The Hall–Kier alpha value is -1.82. The molecule has 0 radical (unpaired) electrons. The molecule has 20 heavy (non-hydrogen) atoms. The molecule has 0 atom stereocenters. The molecule has 1 fully saturated rings. The lowest BCUT2D eigenvalue weighted by Gasteiger charge is -2.33. The lowest BCUT2D eigenvalue weighted by molar-refractivity contribution is -0.133. The molecular formula is C14H20N2O4. The minimum Gasteiger partial charge on any atom is -0.477 e. The Morgan fingerprint density at radius 3 is 2.70 bits per heavy atom. The van der Waals surface area contributed by atoms with E-state index in [0.29, 0.717) is 31.8 Å². The van der Waals surface area contributed by atoms with E-state index in [4.69, 9.17) is 9.84 Å². The molecule has 2 heterocycles. The fourth-order valence-electron chi connectivity index (χ4n) is 2.63. The van der Waals surface area contributed by atoms with Gasteiger partial charge < -0.3 is 19.3 Å². The molecule has 0 bridgehead atoms. The molecule has 0 unspecified atom stereocenters. The van der Waals surface area contributed by atoms with Gasteiger partial charge in [-0.15, -0.1) is 0 Å². The minimum absolute atomic E-state index is 0.108. The third kappa shape index (κ3) is 3.19. The van der Waals surface area contributed by atoms with Crippen LogP contribution in [0, 0.1) is 0 Å². The topological polar surface area (TPSA) is 71.8 Å². The molecule has 6 nitrogen and oxygen atoms in total. The van der Waals surface area contributed by atoms with E-state index in [0.717, 1.165) is 12.8 Å². The molecule has 6 heteroatoms. The van der Waals surface area contributed by atoms with Crippen LogP contribution in [-0.4, -0.2) is 53.3 Å². The summed E-state index contributed by atoms with van der Waals surface area (Å²) in [6.07, 6.45) is 3.78. The summed E-state index contributed by atoms with van der Waals surface area (Å²) in [5.41, 5.74) is 0.314. The van der Waals surface area contributed by atoms with Crippen LogP contribution >= 0.6 is 0 Å². The van der Waals surface area contributed by atoms with Gasteiger partial charge in [0, 0.05) is 32.4 Å². The van der Waals surface area contributed by atoms with Gasteiger partial charge in [0.15, 0.2) is 0 Å². The number of hydrogen-bond donors (Lipinski definition) is 1. The van der Waals surface area contributed by atoms with Crippen molar-refractivity contribution in [2.24, 2.45) is 0 Å². The van der Waals surface area contributed by atoms with Gasteiger partial charge in [0.2, 0.25) is 5.91 Å². The summed E-state index contributed by atoms with van der Waals surface area (Å²) >= 11 is 0. The van der Waals surface area contributed by atoms with Gasteiger partial charge in [-0.2, -0.15) is 0 Å². The van der Waals surface area contributed by atoms with Crippen LogP contribution in [0.2, 0.25) is 0 Å². The summed E-state index contributed by atoms with van der Waals surface area (Å²) in [6.45, 7) is 1.79. The van der Waals surface area contributed by atoms with Gasteiger partial charge in [-0.25, -0.2) is 4.79 Å². The average Bonchev–Trinajstić information content (AvgIpc) is 2.94. The Balaban J connectivity index is 1.92. The summed E-state index contributed by atoms with van der Waals surface area (Å²) in [7, 11) is 1.58. The van der Waals surface area contributed by atoms with Gasteiger partial charge in [-0.05, 0) is 25.0 Å². The lowest BCUT2D eigenvalue weighted by atomic mass is 10.0. The fourth-order valence-corrected chi connectivity index (χ4v) is 2.63. The van der Waals surface area contributed by atoms with E-state index in [1.807, 2.05) is 4.90 Å². The van der Waals surface area contributed by atoms with E-state index in [1.165, 1.54) is 0 Å². The smallest absolute Gasteiger partial charge is 0.352 e. The molecular weight excluding hydrogens is 260 g/mol. The number of amides is 1. The molecule has 1 saturated heterocycles. The third-order valence-corrected chi connectivity index (χ3v) is 3.73. The van der Waals surface area contributed by atoms with Crippen molar-refractivity contribution in [3.05, 3.63) is 24.0 Å². The van der Waals surface area contributed by atoms with E-state index in [1.54, 1.807) is 30.0 Å². The molecule has 0 aromatic carbocycles. The van der Waals surface area contributed by atoms with Crippen LogP contribution in [0.1, 0.15) is 35.8 Å². The average molecular weight is 280 g/mol. The highest BCUT2D eigenvalue weighted by molar-refractivity contribution is 5.85. The first kappa shape index (κ1) is 14.6. The number of hydrogen-bond acceptors (Lipinski definition) is 3. The first-order valence-electron chi connectivity index (χ1n) is 6.80. The summed E-state index contributed by atoms with van der Waals surface area (Å²) in [5.74, 6) is -0.801. The highest BCUT2D eigenvalue weighted by Crippen LogP contribution is 2.24. The Kier molecular flexibility index (Phi) is 4.79. The summed E-state index contributed by atoms with van der Waals surface area (Å²) < 4.78 is 6.71. The molecule has 1 N–H and O–H groups in total. The Bertz CT molecular complexity index is 475. The largest absolute Gasteiger partial charge is 0.477 e. The maximum Gasteiger partial charge on any atom is 0.352 e. The quantitative estimate of drug-likeness (QED) is 0.884. The number of aromatic carboxylic acids is 1. The van der Waals surface area contributed by atoms with E-state index in [2.05, 4.69) is 0 Å². The standard InChI is InChI=1S/C14H20N2O4/c1-20-10-6-13(17)15-8-4-11(5-9-15)16-7-2-3-12(16)14(18)19/h2-3,7,11H,4-6,8-10H2,1H3,(H,18,19). The molecule has 1 aliphatic heterocycles. The van der Waals surface area contributed by atoms with Crippen LogP contribution in [0.25, 0.3) is 0 Å². The predicted octanol–water partition coefficient (Wildman–Crippen LogP) is 1.39. The summed E-state index contributed by atoms with van der Waals surface area (Å²) in [4.78, 5) is 24.8.